The Hall–Kier alpha value is -3.74. The molecule has 1 unspecified atom stereocenters. The number of aliphatic hydroxyl groups excluding tert-OH is 1. The smallest absolute Gasteiger partial charge is 0.128 e. The van der Waals surface area contributed by atoms with E-state index in [1.807, 2.05) is 66.7 Å². The lowest BCUT2D eigenvalue weighted by Crippen LogP contribution is -2.39. The fraction of sp³-hybridized carbons (Fsp3) is 0.241. The molecule has 1 fully saturated rings. The normalized spacial score (nSPS) is 15.2. The van der Waals surface area contributed by atoms with E-state index in [1.54, 1.807) is 18.5 Å². The van der Waals surface area contributed by atoms with Gasteiger partial charge >= 0.3 is 0 Å². The minimum atomic E-state index is -0.596. The summed E-state index contributed by atoms with van der Waals surface area (Å²) in [7, 11) is 0. The Morgan fingerprint density at radius 1 is 0.886 bits per heavy atom. The zero-order chi connectivity index (χ0) is 24.0. The van der Waals surface area contributed by atoms with E-state index in [0.29, 0.717) is 6.54 Å². The molecule has 6 nitrogen and oxygen atoms in total. The van der Waals surface area contributed by atoms with Crippen LogP contribution in [0.2, 0.25) is 0 Å². The average Bonchev–Trinajstić information content (AvgIpc) is 2.90. The van der Waals surface area contributed by atoms with Crippen LogP contribution in [0, 0.1) is 0 Å². The van der Waals surface area contributed by atoms with Crippen molar-refractivity contribution < 1.29 is 14.9 Å². The molecule has 6 heteroatoms. The highest BCUT2D eigenvalue weighted by atomic mass is 16.5. The van der Waals surface area contributed by atoms with Gasteiger partial charge in [-0.25, -0.2) is 0 Å². The average molecular weight is 468 g/mol. The number of β-amino-alcohol motifs (C(OH)–C–C–N with tert-alkyl or cyclic N) is 1. The quantitative estimate of drug-likeness (QED) is 0.411. The van der Waals surface area contributed by atoms with Gasteiger partial charge in [0.15, 0.2) is 0 Å². The number of aromatic hydroxyl groups is 1. The third-order valence-electron chi connectivity index (χ3n) is 6.41. The maximum Gasteiger partial charge on any atom is 0.128 e. The van der Waals surface area contributed by atoms with Gasteiger partial charge < -0.3 is 14.9 Å². The number of pyridine rings is 2. The number of phenolic OH excluding ortho intramolecular Hbond substituents is 1. The van der Waals surface area contributed by atoms with Crippen LogP contribution in [0.15, 0.2) is 90.8 Å². The molecule has 0 bridgehead atoms. The molecular weight excluding hydrogens is 438 g/mol. The Balaban J connectivity index is 1.24. The summed E-state index contributed by atoms with van der Waals surface area (Å²) >= 11 is 0. The first kappa shape index (κ1) is 23.0. The number of aliphatic hydroxyl groups is 1. The highest BCUT2D eigenvalue weighted by Crippen LogP contribution is 2.35. The summed E-state index contributed by atoms with van der Waals surface area (Å²) in [4.78, 5) is 11.2. The summed E-state index contributed by atoms with van der Waals surface area (Å²) < 4.78 is 5.95. The monoisotopic (exact) mass is 467 g/mol. The van der Waals surface area contributed by atoms with Gasteiger partial charge in [0.2, 0.25) is 0 Å². The van der Waals surface area contributed by atoms with Crippen LogP contribution in [0.5, 0.6) is 11.5 Å². The van der Waals surface area contributed by atoms with Crippen molar-refractivity contribution in [3.8, 4) is 11.5 Å². The molecule has 0 radical (unpaired) electrons. The van der Waals surface area contributed by atoms with Crippen LogP contribution in [-0.4, -0.2) is 57.4 Å². The maximum absolute atomic E-state index is 10.7. The van der Waals surface area contributed by atoms with Gasteiger partial charge in [0.25, 0.3) is 0 Å². The van der Waals surface area contributed by atoms with Gasteiger partial charge in [0, 0.05) is 48.6 Å². The SMILES string of the molecule is Oc1ccccc1C(=C1CCN(CC(O)COc2cccc3ncccc23)CC1)c1ccccn1. The molecule has 2 aromatic heterocycles. The van der Waals surface area contributed by atoms with Gasteiger partial charge in [-0.05, 0) is 55.3 Å². The number of ether oxygens (including phenoxy) is 1. The number of hydrogen-bond acceptors (Lipinski definition) is 6. The van der Waals surface area contributed by atoms with E-state index >= 15 is 0 Å². The van der Waals surface area contributed by atoms with Crippen LogP contribution in [-0.2, 0) is 0 Å². The number of para-hydroxylation sites is 1. The molecule has 35 heavy (non-hydrogen) atoms. The Morgan fingerprint density at radius 3 is 2.49 bits per heavy atom. The second kappa shape index (κ2) is 10.7. The number of aromatic nitrogens is 2. The number of hydrogen-bond donors (Lipinski definition) is 2. The van der Waals surface area contributed by atoms with Crippen LogP contribution in [0.3, 0.4) is 0 Å². The predicted molar refractivity (Wildman–Crippen MR) is 137 cm³/mol. The van der Waals surface area contributed by atoms with E-state index in [9.17, 15) is 10.2 Å². The van der Waals surface area contributed by atoms with Crippen LogP contribution >= 0.6 is 0 Å². The molecule has 2 N–H and O–H groups in total. The number of benzene rings is 2. The Bertz CT molecular complexity index is 1310. The van der Waals surface area contributed by atoms with E-state index in [4.69, 9.17) is 4.74 Å². The van der Waals surface area contributed by atoms with Gasteiger partial charge in [-0.2, -0.15) is 0 Å². The van der Waals surface area contributed by atoms with Crippen molar-refractivity contribution in [3.63, 3.8) is 0 Å². The summed E-state index contributed by atoms with van der Waals surface area (Å²) in [5, 5.41) is 22.2. The molecule has 3 heterocycles. The lowest BCUT2D eigenvalue weighted by Gasteiger charge is -2.31. The Morgan fingerprint density at radius 2 is 1.69 bits per heavy atom. The zero-order valence-corrected chi connectivity index (χ0v) is 19.5. The molecule has 1 aliphatic rings. The fourth-order valence-electron chi connectivity index (χ4n) is 4.70. The second-order valence-corrected chi connectivity index (χ2v) is 8.80. The number of piperidine rings is 1. The van der Waals surface area contributed by atoms with Gasteiger partial charge in [0.1, 0.15) is 24.2 Å². The van der Waals surface area contributed by atoms with Crippen molar-refractivity contribution in [2.75, 3.05) is 26.2 Å². The lowest BCUT2D eigenvalue weighted by molar-refractivity contribution is 0.0661. The van der Waals surface area contributed by atoms with Crippen molar-refractivity contribution in [2.45, 2.75) is 18.9 Å². The Labute approximate surface area is 205 Å². The maximum atomic E-state index is 10.7. The summed E-state index contributed by atoms with van der Waals surface area (Å²) in [5.74, 6) is 1.00. The first-order valence-electron chi connectivity index (χ1n) is 12.0. The topological polar surface area (TPSA) is 78.7 Å². The lowest BCUT2D eigenvalue weighted by atomic mass is 9.90. The first-order chi connectivity index (χ1) is 17.2. The minimum absolute atomic E-state index is 0.226. The zero-order valence-electron chi connectivity index (χ0n) is 19.5. The van der Waals surface area contributed by atoms with Gasteiger partial charge in [0.05, 0.1) is 11.2 Å². The van der Waals surface area contributed by atoms with E-state index in [1.165, 1.54) is 5.57 Å². The summed E-state index contributed by atoms with van der Waals surface area (Å²) in [6, 6.07) is 22.9. The van der Waals surface area contributed by atoms with Crippen molar-refractivity contribution in [1.29, 1.82) is 0 Å². The van der Waals surface area contributed by atoms with E-state index in [2.05, 4.69) is 14.9 Å². The van der Waals surface area contributed by atoms with E-state index < -0.39 is 6.10 Å². The van der Waals surface area contributed by atoms with Crippen molar-refractivity contribution in [2.24, 2.45) is 0 Å². The molecular formula is C29H29N3O3. The third kappa shape index (κ3) is 5.34. The van der Waals surface area contributed by atoms with Gasteiger partial charge in [-0.3, -0.25) is 14.9 Å². The standard InChI is InChI=1S/C29H29N3O3/c33-22(20-35-28-12-5-10-25-23(28)8-6-16-30-25)19-32-17-13-21(14-18-32)29(26-9-3-4-15-31-26)24-7-1-2-11-27(24)34/h1-12,15-16,22,33-34H,13-14,17-20H2. The number of phenols is 1. The highest BCUT2D eigenvalue weighted by molar-refractivity contribution is 5.85. The number of likely N-dealkylation sites (tertiary alicyclic amines) is 1. The molecule has 2 aromatic carbocycles. The summed E-state index contributed by atoms with van der Waals surface area (Å²) in [6.45, 7) is 2.43. The Kier molecular flexibility index (Phi) is 7.02. The van der Waals surface area contributed by atoms with E-state index in [-0.39, 0.29) is 12.4 Å². The molecule has 0 spiro atoms. The van der Waals surface area contributed by atoms with Crippen molar-refractivity contribution in [1.82, 2.24) is 14.9 Å². The third-order valence-corrected chi connectivity index (χ3v) is 6.41. The highest BCUT2D eigenvalue weighted by Gasteiger charge is 2.22. The van der Waals surface area contributed by atoms with Gasteiger partial charge in [-0.1, -0.05) is 35.9 Å². The van der Waals surface area contributed by atoms with Crippen LogP contribution in [0.25, 0.3) is 16.5 Å². The molecule has 5 rings (SSSR count). The van der Waals surface area contributed by atoms with Gasteiger partial charge in [-0.15, -0.1) is 0 Å². The van der Waals surface area contributed by atoms with E-state index in [0.717, 1.165) is 59.4 Å². The molecule has 1 saturated heterocycles. The molecule has 1 atom stereocenters. The molecule has 178 valence electrons. The van der Waals surface area contributed by atoms with Crippen LogP contribution in [0.1, 0.15) is 24.1 Å². The molecule has 0 saturated carbocycles. The minimum Gasteiger partial charge on any atom is -0.507 e. The second-order valence-electron chi connectivity index (χ2n) is 8.80. The molecule has 1 aliphatic heterocycles. The number of rotatable bonds is 7. The summed E-state index contributed by atoms with van der Waals surface area (Å²) in [5.41, 5.74) is 4.85. The summed E-state index contributed by atoms with van der Waals surface area (Å²) in [6.07, 6.45) is 4.65. The first-order valence-corrected chi connectivity index (χ1v) is 12.0. The predicted octanol–water partition coefficient (Wildman–Crippen LogP) is 4.67. The van der Waals surface area contributed by atoms with Crippen LogP contribution < -0.4 is 4.74 Å². The number of nitrogens with zero attached hydrogens (tertiary/aromatic N) is 3. The largest absolute Gasteiger partial charge is 0.507 e. The van der Waals surface area contributed by atoms with Crippen molar-refractivity contribution in [3.05, 3.63) is 102 Å². The molecule has 0 amide bonds. The van der Waals surface area contributed by atoms with Crippen LogP contribution in [0.4, 0.5) is 0 Å². The fourth-order valence-corrected chi connectivity index (χ4v) is 4.70. The van der Waals surface area contributed by atoms with Crippen molar-refractivity contribution >= 4 is 16.5 Å². The molecule has 0 aliphatic carbocycles. The number of fused-ring (bicyclic) bond motifs is 1. The molecule has 4 aromatic rings.